The van der Waals surface area contributed by atoms with Crippen LogP contribution >= 0.6 is 0 Å². The summed E-state index contributed by atoms with van der Waals surface area (Å²) in [5, 5.41) is 0. The minimum atomic E-state index is 0.535. The van der Waals surface area contributed by atoms with Gasteiger partial charge in [-0.3, -0.25) is 0 Å². The smallest absolute Gasteiger partial charge is 0.00893 e. The Hall–Kier alpha value is -1.60. The minimum absolute atomic E-state index is 0.535. The van der Waals surface area contributed by atoms with Crippen molar-refractivity contribution < 1.29 is 0 Å². The average Bonchev–Trinajstić information content (AvgIpc) is 3.05. The van der Waals surface area contributed by atoms with Gasteiger partial charge in [0.05, 0.1) is 0 Å². The molecule has 0 radical (unpaired) electrons. The molecule has 2 atom stereocenters. The molecule has 1 aliphatic rings. The Kier molecular flexibility index (Phi) is 6.69. The fourth-order valence-electron chi connectivity index (χ4n) is 4.17. The highest BCUT2D eigenvalue weighted by Crippen LogP contribution is 2.30. The number of aryl methyl sites for hydroxylation is 1. The van der Waals surface area contributed by atoms with E-state index in [9.17, 15) is 0 Å². The van der Waals surface area contributed by atoms with Crippen LogP contribution in [0.5, 0.6) is 0 Å². The topological polar surface area (TPSA) is 3.24 Å². The fraction of sp³-hybridized carbons (Fsp3) is 0.500. The summed E-state index contributed by atoms with van der Waals surface area (Å²) in [7, 11) is 0. The number of hydrogen-bond donors (Lipinski definition) is 0. The van der Waals surface area contributed by atoms with Crippen LogP contribution in [0.1, 0.15) is 68.1 Å². The van der Waals surface area contributed by atoms with E-state index in [-0.39, 0.29) is 0 Å². The lowest BCUT2D eigenvalue weighted by Gasteiger charge is -2.21. The van der Waals surface area contributed by atoms with Crippen LogP contribution in [-0.2, 0) is 0 Å². The largest absolute Gasteiger partial charge is 0.301 e. The van der Waals surface area contributed by atoms with Gasteiger partial charge in [0.15, 0.2) is 0 Å². The molecule has 25 heavy (non-hydrogen) atoms. The standard InChI is InChI=1S/C24H33N/c1-20-14-16-23(17-15-20)24(22-11-5-3-6-12-22)13-7-4-8-18-25-19-9-10-21(25)2/h3,5-6,11-12,14-17,21,24H,4,7-10,13,18-19H2,1-2H3. The summed E-state index contributed by atoms with van der Waals surface area (Å²) in [5.74, 6) is 0.535. The van der Waals surface area contributed by atoms with Crippen LogP contribution < -0.4 is 0 Å². The molecule has 0 N–H and O–H groups in total. The third kappa shape index (κ3) is 5.19. The summed E-state index contributed by atoms with van der Waals surface area (Å²) < 4.78 is 0. The van der Waals surface area contributed by atoms with Gasteiger partial charge in [-0.25, -0.2) is 0 Å². The molecule has 1 heterocycles. The third-order valence-electron chi connectivity index (χ3n) is 5.81. The van der Waals surface area contributed by atoms with E-state index in [1.807, 2.05) is 0 Å². The van der Waals surface area contributed by atoms with Gasteiger partial charge in [-0.2, -0.15) is 0 Å². The van der Waals surface area contributed by atoms with Gasteiger partial charge in [0.1, 0.15) is 0 Å². The molecule has 1 aliphatic heterocycles. The molecule has 0 amide bonds. The maximum atomic E-state index is 2.68. The molecule has 1 heteroatoms. The Morgan fingerprint density at radius 3 is 2.32 bits per heavy atom. The van der Waals surface area contributed by atoms with Gasteiger partial charge >= 0.3 is 0 Å². The normalized spacial score (nSPS) is 19.2. The van der Waals surface area contributed by atoms with Crippen LogP contribution in [0.15, 0.2) is 54.6 Å². The Morgan fingerprint density at radius 1 is 0.920 bits per heavy atom. The van der Waals surface area contributed by atoms with E-state index >= 15 is 0 Å². The van der Waals surface area contributed by atoms with E-state index in [1.165, 1.54) is 68.3 Å². The molecular formula is C24H33N. The summed E-state index contributed by atoms with van der Waals surface area (Å²) in [6.07, 6.45) is 8.05. The molecule has 1 saturated heterocycles. The molecule has 1 nitrogen and oxygen atoms in total. The number of benzene rings is 2. The zero-order valence-electron chi connectivity index (χ0n) is 16.0. The lowest BCUT2D eigenvalue weighted by Crippen LogP contribution is -2.27. The summed E-state index contributed by atoms with van der Waals surface area (Å²) in [6.45, 7) is 7.16. The quantitative estimate of drug-likeness (QED) is 0.521. The van der Waals surface area contributed by atoms with Crippen LogP contribution in [0.25, 0.3) is 0 Å². The van der Waals surface area contributed by atoms with E-state index in [0.717, 1.165) is 6.04 Å². The zero-order valence-corrected chi connectivity index (χ0v) is 16.0. The first kappa shape index (κ1) is 18.2. The molecule has 2 aromatic rings. The molecule has 0 saturated carbocycles. The van der Waals surface area contributed by atoms with E-state index in [0.29, 0.717) is 5.92 Å². The predicted octanol–water partition coefficient (Wildman–Crippen LogP) is 6.17. The van der Waals surface area contributed by atoms with Crippen molar-refractivity contribution in [3.63, 3.8) is 0 Å². The molecule has 0 aliphatic carbocycles. The van der Waals surface area contributed by atoms with Crippen molar-refractivity contribution >= 4 is 0 Å². The van der Waals surface area contributed by atoms with Crippen molar-refractivity contribution in [1.82, 2.24) is 4.90 Å². The van der Waals surface area contributed by atoms with Crippen molar-refractivity contribution in [2.45, 2.75) is 64.3 Å². The van der Waals surface area contributed by atoms with Crippen LogP contribution in [0, 0.1) is 6.92 Å². The molecule has 0 bridgehead atoms. The van der Waals surface area contributed by atoms with Gasteiger partial charge in [0, 0.05) is 12.0 Å². The third-order valence-corrected chi connectivity index (χ3v) is 5.81. The molecule has 0 spiro atoms. The lowest BCUT2D eigenvalue weighted by molar-refractivity contribution is 0.262. The Morgan fingerprint density at radius 2 is 1.64 bits per heavy atom. The highest BCUT2D eigenvalue weighted by Gasteiger charge is 2.19. The molecule has 134 valence electrons. The van der Waals surface area contributed by atoms with Crippen LogP contribution in [0.4, 0.5) is 0 Å². The SMILES string of the molecule is Cc1ccc(C(CCCCCN2CCCC2C)c2ccccc2)cc1. The lowest BCUT2D eigenvalue weighted by atomic mass is 9.86. The molecule has 1 fully saturated rings. The average molecular weight is 336 g/mol. The first-order chi connectivity index (χ1) is 12.2. The summed E-state index contributed by atoms with van der Waals surface area (Å²) in [6, 6.07) is 21.0. The van der Waals surface area contributed by atoms with Crippen molar-refractivity contribution in [3.8, 4) is 0 Å². The minimum Gasteiger partial charge on any atom is -0.301 e. The maximum absolute atomic E-state index is 2.68. The first-order valence-corrected chi connectivity index (χ1v) is 10.1. The van der Waals surface area contributed by atoms with Gasteiger partial charge in [-0.15, -0.1) is 0 Å². The second-order valence-corrected chi connectivity index (χ2v) is 7.75. The number of unbranched alkanes of at least 4 members (excludes halogenated alkanes) is 2. The van der Waals surface area contributed by atoms with Gasteiger partial charge in [-0.05, 0) is 63.7 Å². The molecule has 0 aromatic heterocycles. The first-order valence-electron chi connectivity index (χ1n) is 10.1. The highest BCUT2D eigenvalue weighted by molar-refractivity contribution is 5.33. The van der Waals surface area contributed by atoms with Crippen molar-refractivity contribution in [2.24, 2.45) is 0 Å². The molecule has 2 unspecified atom stereocenters. The maximum Gasteiger partial charge on any atom is 0.00893 e. The van der Waals surface area contributed by atoms with Gasteiger partial charge in [0.25, 0.3) is 0 Å². The fourth-order valence-corrected chi connectivity index (χ4v) is 4.17. The van der Waals surface area contributed by atoms with Gasteiger partial charge in [-0.1, -0.05) is 73.0 Å². The van der Waals surface area contributed by atoms with E-state index in [4.69, 9.17) is 0 Å². The van der Waals surface area contributed by atoms with Gasteiger partial charge < -0.3 is 4.90 Å². The molecule has 2 aromatic carbocycles. The van der Waals surface area contributed by atoms with Crippen molar-refractivity contribution in [1.29, 1.82) is 0 Å². The molecule has 3 rings (SSSR count). The second kappa shape index (κ2) is 9.20. The zero-order chi connectivity index (χ0) is 17.5. The Bertz CT molecular complexity index is 616. The van der Waals surface area contributed by atoms with E-state index in [2.05, 4.69) is 73.3 Å². The second-order valence-electron chi connectivity index (χ2n) is 7.75. The number of rotatable bonds is 8. The van der Waals surface area contributed by atoms with Crippen LogP contribution in [0.3, 0.4) is 0 Å². The highest BCUT2D eigenvalue weighted by atomic mass is 15.2. The summed E-state index contributed by atoms with van der Waals surface area (Å²) >= 11 is 0. The van der Waals surface area contributed by atoms with Crippen molar-refractivity contribution in [3.05, 3.63) is 71.3 Å². The van der Waals surface area contributed by atoms with E-state index in [1.54, 1.807) is 0 Å². The summed E-state index contributed by atoms with van der Waals surface area (Å²) in [4.78, 5) is 2.68. The number of hydrogen-bond acceptors (Lipinski definition) is 1. The number of nitrogens with zero attached hydrogens (tertiary/aromatic N) is 1. The van der Waals surface area contributed by atoms with Crippen LogP contribution in [-0.4, -0.2) is 24.0 Å². The monoisotopic (exact) mass is 335 g/mol. The van der Waals surface area contributed by atoms with E-state index < -0.39 is 0 Å². The van der Waals surface area contributed by atoms with Gasteiger partial charge in [0.2, 0.25) is 0 Å². The predicted molar refractivity (Wildman–Crippen MR) is 108 cm³/mol. The van der Waals surface area contributed by atoms with Crippen LogP contribution in [0.2, 0.25) is 0 Å². The molecular weight excluding hydrogens is 302 g/mol. The number of likely N-dealkylation sites (tertiary alicyclic amines) is 1. The van der Waals surface area contributed by atoms with Crippen molar-refractivity contribution in [2.75, 3.05) is 13.1 Å². The Balaban J connectivity index is 1.54. The Labute approximate surface area is 154 Å². The summed E-state index contributed by atoms with van der Waals surface area (Å²) in [5.41, 5.74) is 4.26.